The van der Waals surface area contributed by atoms with E-state index < -0.39 is 30.2 Å². The van der Waals surface area contributed by atoms with Gasteiger partial charge in [-0.15, -0.1) is 11.3 Å². The second-order valence-electron chi connectivity index (χ2n) is 7.89. The van der Waals surface area contributed by atoms with Crippen LogP contribution in [0.15, 0.2) is 36.8 Å². The van der Waals surface area contributed by atoms with Crippen LogP contribution < -0.4 is 10.2 Å². The zero-order valence-corrected chi connectivity index (χ0v) is 18.7. The summed E-state index contributed by atoms with van der Waals surface area (Å²) >= 11 is 1.50. The Kier molecular flexibility index (Phi) is 6.35. The number of carbonyl (C=O) groups excluding carboxylic acids is 1. The SMILES string of the molecule is Cc1cnc(-c2cc(C(=O)N[C@H](C)c3cnc(C(F)(F)F)nc3)cc(N3CCC[C@H]3O)c2)s1. The average molecular weight is 478 g/mol. The zero-order valence-electron chi connectivity index (χ0n) is 17.9. The number of hydrogen-bond donors (Lipinski definition) is 2. The fraction of sp³-hybridized carbons (Fsp3) is 0.364. The van der Waals surface area contributed by atoms with Gasteiger partial charge in [-0.2, -0.15) is 13.2 Å². The number of thiazole rings is 1. The number of aliphatic hydroxyl groups excluding tert-OH is 1. The topological polar surface area (TPSA) is 91.2 Å². The van der Waals surface area contributed by atoms with Gasteiger partial charge in [0.25, 0.3) is 5.91 Å². The van der Waals surface area contributed by atoms with Gasteiger partial charge in [-0.05, 0) is 44.9 Å². The van der Waals surface area contributed by atoms with E-state index in [1.54, 1.807) is 25.3 Å². The Hall–Kier alpha value is -3.05. The van der Waals surface area contributed by atoms with Crippen molar-refractivity contribution in [3.05, 3.63) is 58.6 Å². The predicted octanol–water partition coefficient (Wildman–Crippen LogP) is 4.34. The van der Waals surface area contributed by atoms with Crippen LogP contribution in [0.4, 0.5) is 18.9 Å². The van der Waals surface area contributed by atoms with E-state index in [1.807, 2.05) is 17.9 Å². The molecule has 1 fully saturated rings. The van der Waals surface area contributed by atoms with Crippen molar-refractivity contribution in [2.75, 3.05) is 11.4 Å². The van der Waals surface area contributed by atoms with Gasteiger partial charge in [-0.25, -0.2) is 15.0 Å². The molecule has 3 heterocycles. The highest BCUT2D eigenvalue weighted by atomic mass is 32.1. The number of carbonyl (C=O) groups is 1. The van der Waals surface area contributed by atoms with Crippen molar-refractivity contribution in [2.45, 2.75) is 45.1 Å². The Labute approximate surface area is 192 Å². The first-order chi connectivity index (χ1) is 15.6. The number of nitrogens with zero attached hydrogens (tertiary/aromatic N) is 4. The molecular weight excluding hydrogens is 455 g/mol. The van der Waals surface area contributed by atoms with Crippen LogP contribution in [-0.2, 0) is 6.18 Å². The Morgan fingerprint density at radius 2 is 1.94 bits per heavy atom. The third-order valence-corrected chi connectivity index (χ3v) is 6.34. The molecule has 3 aromatic rings. The van der Waals surface area contributed by atoms with E-state index in [9.17, 15) is 23.1 Å². The molecule has 7 nitrogen and oxygen atoms in total. The second kappa shape index (κ2) is 9.06. The number of aromatic nitrogens is 3. The van der Waals surface area contributed by atoms with Crippen molar-refractivity contribution in [1.29, 1.82) is 0 Å². The summed E-state index contributed by atoms with van der Waals surface area (Å²) in [4.78, 5) is 27.0. The van der Waals surface area contributed by atoms with Gasteiger partial charge in [0, 0.05) is 52.4 Å². The normalized spacial score (nSPS) is 17.3. The molecule has 1 aliphatic heterocycles. The second-order valence-corrected chi connectivity index (χ2v) is 9.13. The number of halogens is 3. The van der Waals surface area contributed by atoms with Crippen LogP contribution in [0.3, 0.4) is 0 Å². The summed E-state index contributed by atoms with van der Waals surface area (Å²) in [5.74, 6) is -1.64. The van der Waals surface area contributed by atoms with Gasteiger partial charge in [-0.3, -0.25) is 4.79 Å². The molecule has 0 aliphatic carbocycles. The number of nitrogens with one attached hydrogen (secondary N) is 1. The number of alkyl halides is 3. The lowest BCUT2D eigenvalue weighted by Gasteiger charge is -2.24. The fourth-order valence-electron chi connectivity index (χ4n) is 3.64. The monoisotopic (exact) mass is 477 g/mol. The van der Waals surface area contributed by atoms with Crippen molar-refractivity contribution in [2.24, 2.45) is 0 Å². The molecule has 11 heteroatoms. The van der Waals surface area contributed by atoms with Gasteiger partial charge < -0.3 is 15.3 Å². The number of benzene rings is 1. The molecule has 0 saturated carbocycles. The minimum Gasteiger partial charge on any atom is -0.374 e. The molecule has 0 spiro atoms. The molecule has 0 unspecified atom stereocenters. The maximum absolute atomic E-state index is 13.1. The lowest BCUT2D eigenvalue weighted by atomic mass is 10.1. The third-order valence-electron chi connectivity index (χ3n) is 5.37. The molecular formula is C22H22F3N5O2S. The van der Waals surface area contributed by atoms with Crippen LogP contribution in [-0.4, -0.2) is 38.7 Å². The Bertz CT molecular complexity index is 1150. The fourth-order valence-corrected chi connectivity index (χ4v) is 4.39. The van der Waals surface area contributed by atoms with Gasteiger partial charge >= 0.3 is 6.18 Å². The van der Waals surface area contributed by atoms with E-state index in [-0.39, 0.29) is 0 Å². The van der Waals surface area contributed by atoms with E-state index >= 15 is 0 Å². The molecule has 4 rings (SSSR count). The third kappa shape index (κ3) is 5.14. The van der Waals surface area contributed by atoms with Crippen LogP contribution >= 0.6 is 11.3 Å². The number of hydrogen-bond acceptors (Lipinski definition) is 7. The Morgan fingerprint density at radius 1 is 1.21 bits per heavy atom. The van der Waals surface area contributed by atoms with Crippen LogP contribution in [0.2, 0.25) is 0 Å². The number of amides is 1. The highest BCUT2D eigenvalue weighted by molar-refractivity contribution is 7.14. The van der Waals surface area contributed by atoms with E-state index in [0.29, 0.717) is 29.8 Å². The molecule has 0 bridgehead atoms. The van der Waals surface area contributed by atoms with E-state index in [1.165, 1.54) is 11.3 Å². The van der Waals surface area contributed by atoms with Crippen LogP contribution in [0.25, 0.3) is 10.6 Å². The first-order valence-electron chi connectivity index (χ1n) is 10.3. The molecule has 174 valence electrons. The average Bonchev–Trinajstić information content (AvgIpc) is 3.41. The molecule has 33 heavy (non-hydrogen) atoms. The molecule has 2 N–H and O–H groups in total. The standard InChI is InChI=1S/C22H22F3N5O2S/c1-12-9-26-20(33-12)15-6-14(7-17(8-15)30-5-3-4-18(30)31)19(32)29-13(2)16-10-27-21(28-11-16)22(23,24)25/h6-11,13,18,31H,3-5H2,1-2H3,(H,29,32)/t13-,18-/m1/s1. The quantitative estimate of drug-likeness (QED) is 0.568. The van der Waals surface area contributed by atoms with E-state index in [4.69, 9.17) is 0 Å². The minimum atomic E-state index is -4.63. The first kappa shape index (κ1) is 23.1. The van der Waals surface area contributed by atoms with Crippen LogP contribution in [0.5, 0.6) is 0 Å². The summed E-state index contributed by atoms with van der Waals surface area (Å²) in [6.07, 6.45) is 0.0992. The van der Waals surface area contributed by atoms with Gasteiger partial charge in [0.1, 0.15) is 11.2 Å². The van der Waals surface area contributed by atoms with Crippen LogP contribution in [0.1, 0.15) is 52.4 Å². The van der Waals surface area contributed by atoms with Crippen molar-refractivity contribution >= 4 is 22.9 Å². The maximum atomic E-state index is 13.1. The van der Waals surface area contributed by atoms with Crippen molar-refractivity contribution in [3.63, 3.8) is 0 Å². The lowest BCUT2D eigenvalue weighted by molar-refractivity contribution is -0.145. The summed E-state index contributed by atoms with van der Waals surface area (Å²) < 4.78 is 38.1. The van der Waals surface area contributed by atoms with Gasteiger partial charge in [0.2, 0.25) is 5.82 Å². The summed E-state index contributed by atoms with van der Waals surface area (Å²) in [5, 5.41) is 13.9. The van der Waals surface area contributed by atoms with Gasteiger partial charge in [0.05, 0.1) is 6.04 Å². The summed E-state index contributed by atoms with van der Waals surface area (Å²) in [6, 6.07) is 4.70. The molecule has 0 radical (unpaired) electrons. The Balaban J connectivity index is 1.60. The van der Waals surface area contributed by atoms with Crippen molar-refractivity contribution in [1.82, 2.24) is 20.3 Å². The smallest absolute Gasteiger partial charge is 0.374 e. The predicted molar refractivity (Wildman–Crippen MR) is 118 cm³/mol. The van der Waals surface area contributed by atoms with Crippen LogP contribution in [0, 0.1) is 6.92 Å². The lowest BCUT2D eigenvalue weighted by Crippen LogP contribution is -2.30. The molecule has 1 aliphatic rings. The van der Waals surface area contributed by atoms with Crippen molar-refractivity contribution < 1.29 is 23.1 Å². The van der Waals surface area contributed by atoms with E-state index in [2.05, 4.69) is 20.3 Å². The number of anilines is 1. The largest absolute Gasteiger partial charge is 0.451 e. The van der Waals surface area contributed by atoms with Crippen molar-refractivity contribution in [3.8, 4) is 10.6 Å². The van der Waals surface area contributed by atoms with Gasteiger partial charge in [-0.1, -0.05) is 0 Å². The first-order valence-corrected chi connectivity index (χ1v) is 11.2. The number of aryl methyl sites for hydroxylation is 1. The number of aliphatic hydroxyl groups is 1. The minimum absolute atomic E-state index is 0.346. The van der Waals surface area contributed by atoms with Gasteiger partial charge in [0.15, 0.2) is 0 Å². The molecule has 1 amide bonds. The summed E-state index contributed by atoms with van der Waals surface area (Å²) in [5.41, 5.74) is 2.16. The molecule has 1 aromatic carbocycles. The number of rotatable bonds is 5. The molecule has 2 aromatic heterocycles. The maximum Gasteiger partial charge on any atom is 0.451 e. The zero-order chi connectivity index (χ0) is 23.8. The summed E-state index contributed by atoms with van der Waals surface area (Å²) in [7, 11) is 0. The summed E-state index contributed by atoms with van der Waals surface area (Å²) in [6.45, 7) is 4.25. The Morgan fingerprint density at radius 3 is 2.52 bits per heavy atom. The van der Waals surface area contributed by atoms with E-state index in [0.717, 1.165) is 34.3 Å². The highest BCUT2D eigenvalue weighted by Crippen LogP contribution is 2.33. The molecule has 1 saturated heterocycles. The highest BCUT2D eigenvalue weighted by Gasteiger charge is 2.34. The molecule has 2 atom stereocenters.